The Hall–Kier alpha value is -2.74. The van der Waals surface area contributed by atoms with E-state index in [1.54, 1.807) is 11.6 Å². The summed E-state index contributed by atoms with van der Waals surface area (Å²) in [6, 6.07) is 2.72. The van der Waals surface area contributed by atoms with E-state index in [-0.39, 0.29) is 17.0 Å². The van der Waals surface area contributed by atoms with Gasteiger partial charge in [-0.25, -0.2) is 13.9 Å². The third-order valence-corrected chi connectivity index (χ3v) is 6.59. The second-order valence-corrected chi connectivity index (χ2v) is 8.71. The molecule has 0 atom stereocenters. The van der Waals surface area contributed by atoms with Gasteiger partial charge in [0.25, 0.3) is 5.91 Å². The fraction of sp³-hybridized carbons (Fsp3) is 0.542. The van der Waals surface area contributed by atoms with Crippen LogP contribution in [0.2, 0.25) is 0 Å². The van der Waals surface area contributed by atoms with E-state index in [0.717, 1.165) is 12.8 Å². The number of carbonyl (C=O) groups is 2. The van der Waals surface area contributed by atoms with Gasteiger partial charge in [0.05, 0.1) is 29.1 Å². The molecule has 172 valence electrons. The molecule has 0 saturated carbocycles. The Kier molecular flexibility index (Phi) is 6.33. The Bertz CT molecular complexity index is 1040. The Morgan fingerprint density at radius 3 is 2.75 bits per heavy atom. The topological polar surface area (TPSA) is 82.5 Å². The number of carbonyl (C=O) groups excluding carboxylic acids is 2. The number of rotatable bonds is 5. The van der Waals surface area contributed by atoms with Crippen molar-refractivity contribution >= 4 is 11.9 Å². The zero-order valence-electron chi connectivity index (χ0n) is 18.9. The molecule has 1 saturated heterocycles. The summed E-state index contributed by atoms with van der Waals surface area (Å²) in [6.07, 6.45) is 3.44. The Labute approximate surface area is 187 Å². The van der Waals surface area contributed by atoms with Crippen LogP contribution in [0.5, 0.6) is 0 Å². The number of nitrogens with one attached hydrogen (secondary N) is 1. The molecule has 2 aliphatic rings. The number of nitrogens with zero attached hydrogens (tertiary/aromatic N) is 2. The first-order valence-corrected chi connectivity index (χ1v) is 11.3. The summed E-state index contributed by atoms with van der Waals surface area (Å²) in [6.45, 7) is 7.65. The van der Waals surface area contributed by atoms with Gasteiger partial charge in [-0.1, -0.05) is 13.8 Å². The standard InChI is InChI=1S/C24H30FN3O4/c1-4-10-32-23(30)16-6-7-17(25)21(15(16)3)28-19-13-24(8-11-31-12-9-24)14-26-22(29)20(19)18(5-2)27-28/h6-7H,4-5,8-14H2,1-3H3,(H,26,29). The largest absolute Gasteiger partial charge is 0.462 e. The van der Waals surface area contributed by atoms with E-state index in [9.17, 15) is 9.59 Å². The van der Waals surface area contributed by atoms with Crippen LogP contribution in [0.25, 0.3) is 5.69 Å². The van der Waals surface area contributed by atoms with E-state index < -0.39 is 11.8 Å². The minimum Gasteiger partial charge on any atom is -0.462 e. The summed E-state index contributed by atoms with van der Waals surface area (Å²) in [4.78, 5) is 25.6. The molecule has 0 aliphatic carbocycles. The highest BCUT2D eigenvalue weighted by molar-refractivity contribution is 5.97. The van der Waals surface area contributed by atoms with Crippen molar-refractivity contribution in [3.05, 3.63) is 46.0 Å². The van der Waals surface area contributed by atoms with Gasteiger partial charge in [-0.2, -0.15) is 5.10 Å². The van der Waals surface area contributed by atoms with Gasteiger partial charge in [0.2, 0.25) is 0 Å². The molecule has 8 heteroatoms. The first kappa shape index (κ1) is 22.5. The average Bonchev–Trinajstić information content (AvgIpc) is 3.07. The molecule has 1 N–H and O–H groups in total. The number of halogens is 1. The van der Waals surface area contributed by atoms with Gasteiger partial charge in [0.1, 0.15) is 11.5 Å². The summed E-state index contributed by atoms with van der Waals surface area (Å²) < 4.78 is 27.6. The summed E-state index contributed by atoms with van der Waals surface area (Å²) in [7, 11) is 0. The van der Waals surface area contributed by atoms with Crippen LogP contribution in [-0.2, 0) is 22.3 Å². The van der Waals surface area contributed by atoms with Gasteiger partial charge in [0.15, 0.2) is 0 Å². The number of hydrogen-bond acceptors (Lipinski definition) is 5. The lowest BCUT2D eigenvalue weighted by Gasteiger charge is -2.36. The van der Waals surface area contributed by atoms with Crippen LogP contribution in [0.1, 0.15) is 70.8 Å². The van der Waals surface area contributed by atoms with Gasteiger partial charge < -0.3 is 14.8 Å². The molecule has 2 aliphatic heterocycles. The van der Waals surface area contributed by atoms with Gasteiger partial charge in [0, 0.05) is 19.8 Å². The van der Waals surface area contributed by atoms with Gasteiger partial charge in [-0.05, 0) is 62.1 Å². The number of benzene rings is 1. The molecule has 1 amide bonds. The molecule has 1 fully saturated rings. The Morgan fingerprint density at radius 2 is 2.06 bits per heavy atom. The zero-order valence-corrected chi connectivity index (χ0v) is 18.9. The van der Waals surface area contributed by atoms with Gasteiger partial charge in [-0.15, -0.1) is 0 Å². The van der Waals surface area contributed by atoms with Crippen LogP contribution < -0.4 is 5.32 Å². The third kappa shape index (κ3) is 3.92. The van der Waals surface area contributed by atoms with Crippen LogP contribution in [0.15, 0.2) is 12.1 Å². The molecule has 1 aromatic carbocycles. The summed E-state index contributed by atoms with van der Waals surface area (Å²) >= 11 is 0. The predicted octanol–water partition coefficient (Wildman–Crippen LogP) is 3.53. The molecule has 2 aromatic rings. The van der Waals surface area contributed by atoms with Crippen molar-refractivity contribution in [3.8, 4) is 5.69 Å². The molecule has 0 radical (unpaired) electrons. The van der Waals surface area contributed by atoms with Crippen LogP contribution in [0.3, 0.4) is 0 Å². The molecule has 1 spiro atoms. The second kappa shape index (κ2) is 9.02. The van der Waals surface area contributed by atoms with Crippen LogP contribution in [-0.4, -0.2) is 48.0 Å². The number of esters is 1. The Morgan fingerprint density at radius 1 is 1.31 bits per heavy atom. The lowest BCUT2D eigenvalue weighted by atomic mass is 9.76. The van der Waals surface area contributed by atoms with Crippen LogP contribution in [0.4, 0.5) is 4.39 Å². The molecule has 7 nitrogen and oxygen atoms in total. The molecule has 1 aromatic heterocycles. The third-order valence-electron chi connectivity index (χ3n) is 6.59. The lowest BCUT2D eigenvalue weighted by molar-refractivity contribution is 0.0154. The van der Waals surface area contributed by atoms with E-state index in [1.165, 1.54) is 12.1 Å². The number of aromatic nitrogens is 2. The number of hydrogen-bond donors (Lipinski definition) is 1. The van der Waals surface area contributed by atoms with Crippen molar-refractivity contribution in [2.75, 3.05) is 26.4 Å². The number of amides is 1. The fourth-order valence-corrected chi connectivity index (χ4v) is 4.71. The molecule has 4 rings (SSSR count). The SMILES string of the molecule is CCCOC(=O)c1ccc(F)c(-n2nc(CC)c3c2CC2(CCOCC2)CNC3=O)c1C. The maximum absolute atomic E-state index is 15.2. The monoisotopic (exact) mass is 443 g/mol. The molecular weight excluding hydrogens is 413 g/mol. The van der Waals surface area contributed by atoms with Crippen LogP contribution in [0, 0.1) is 18.2 Å². The normalized spacial score (nSPS) is 17.6. The zero-order chi connectivity index (χ0) is 22.9. The fourth-order valence-electron chi connectivity index (χ4n) is 4.71. The molecule has 3 heterocycles. The second-order valence-electron chi connectivity index (χ2n) is 8.71. The maximum Gasteiger partial charge on any atom is 0.338 e. The van der Waals surface area contributed by atoms with Crippen molar-refractivity contribution < 1.29 is 23.5 Å². The summed E-state index contributed by atoms with van der Waals surface area (Å²) in [5.74, 6) is -1.16. The Balaban J connectivity index is 1.87. The molecule has 32 heavy (non-hydrogen) atoms. The predicted molar refractivity (Wildman–Crippen MR) is 117 cm³/mol. The highest BCUT2D eigenvalue weighted by Gasteiger charge is 2.40. The minimum atomic E-state index is -0.492. The smallest absolute Gasteiger partial charge is 0.338 e. The van der Waals surface area contributed by atoms with Gasteiger partial charge in [-0.3, -0.25) is 4.79 Å². The lowest BCUT2D eigenvalue weighted by Crippen LogP contribution is -2.40. The number of ether oxygens (including phenoxy) is 2. The van der Waals surface area contributed by atoms with Crippen molar-refractivity contribution in [1.82, 2.24) is 15.1 Å². The van der Waals surface area contributed by atoms with E-state index in [2.05, 4.69) is 10.4 Å². The molecular formula is C24H30FN3O4. The number of aryl methyl sites for hydroxylation is 1. The summed E-state index contributed by atoms with van der Waals surface area (Å²) in [5.41, 5.74) is 2.63. The number of fused-ring (bicyclic) bond motifs is 1. The van der Waals surface area contributed by atoms with Crippen LogP contribution >= 0.6 is 0 Å². The quantitative estimate of drug-likeness (QED) is 0.715. The average molecular weight is 444 g/mol. The van der Waals surface area contributed by atoms with Gasteiger partial charge >= 0.3 is 5.97 Å². The van der Waals surface area contributed by atoms with Crippen molar-refractivity contribution in [2.24, 2.45) is 5.41 Å². The highest BCUT2D eigenvalue weighted by atomic mass is 19.1. The minimum absolute atomic E-state index is 0.163. The maximum atomic E-state index is 15.2. The first-order chi connectivity index (χ1) is 15.4. The first-order valence-electron chi connectivity index (χ1n) is 11.3. The summed E-state index contributed by atoms with van der Waals surface area (Å²) in [5, 5.41) is 7.73. The van der Waals surface area contributed by atoms with E-state index in [1.807, 2.05) is 13.8 Å². The van der Waals surface area contributed by atoms with E-state index >= 15 is 4.39 Å². The van der Waals surface area contributed by atoms with E-state index in [0.29, 0.717) is 73.7 Å². The van der Waals surface area contributed by atoms with Crippen molar-refractivity contribution in [2.45, 2.75) is 52.9 Å². The van der Waals surface area contributed by atoms with Crippen molar-refractivity contribution in [1.29, 1.82) is 0 Å². The molecule has 0 unspecified atom stereocenters. The molecule has 0 bridgehead atoms. The highest BCUT2D eigenvalue weighted by Crippen LogP contribution is 2.38. The van der Waals surface area contributed by atoms with Crippen molar-refractivity contribution in [3.63, 3.8) is 0 Å². The van der Waals surface area contributed by atoms with E-state index in [4.69, 9.17) is 9.47 Å².